The quantitative estimate of drug-likeness (QED) is 0.862. The molecule has 6 heteroatoms. The molecule has 3 rings (SSSR count). The summed E-state index contributed by atoms with van der Waals surface area (Å²) in [6, 6.07) is 16.6. The summed E-state index contributed by atoms with van der Waals surface area (Å²) < 4.78 is 11.3. The smallest absolute Gasteiger partial charge is 0.257 e. The molecule has 0 aromatic heterocycles. The lowest BCUT2D eigenvalue weighted by Crippen LogP contribution is -2.42. The van der Waals surface area contributed by atoms with Gasteiger partial charge in [-0.1, -0.05) is 30.3 Å². The van der Waals surface area contributed by atoms with Crippen LogP contribution in [-0.4, -0.2) is 42.5 Å². The Morgan fingerprint density at radius 1 is 1.00 bits per heavy atom. The molecular weight excluding hydrogens is 332 g/mol. The van der Waals surface area contributed by atoms with Crippen LogP contribution in [0.3, 0.4) is 0 Å². The molecule has 1 saturated heterocycles. The number of hydrogen-bond acceptors (Lipinski definition) is 4. The zero-order chi connectivity index (χ0) is 18.4. The third-order valence-corrected chi connectivity index (χ3v) is 4.26. The van der Waals surface area contributed by atoms with Crippen molar-refractivity contribution >= 4 is 11.8 Å². The number of benzene rings is 2. The minimum absolute atomic E-state index is 0.0998. The summed E-state index contributed by atoms with van der Waals surface area (Å²) in [6.45, 7) is 0.970. The number of nitrogens with zero attached hydrogens (tertiary/aromatic N) is 1. The first kappa shape index (κ1) is 17.8. The van der Waals surface area contributed by atoms with Crippen molar-refractivity contribution in [2.45, 2.75) is 18.9 Å². The number of likely N-dealkylation sites (tertiary alicyclic amines) is 1. The summed E-state index contributed by atoms with van der Waals surface area (Å²) in [5, 5.41) is 0. The Balaban J connectivity index is 1.59. The number of primary amides is 1. The highest BCUT2D eigenvalue weighted by Crippen LogP contribution is 2.23. The highest BCUT2D eigenvalue weighted by molar-refractivity contribution is 5.97. The number of hydrogen-bond donors (Lipinski definition) is 1. The summed E-state index contributed by atoms with van der Waals surface area (Å²) in [5.74, 6) is 0.538. The van der Waals surface area contributed by atoms with E-state index in [2.05, 4.69) is 0 Å². The molecule has 2 aromatic rings. The fraction of sp³-hybridized carbons (Fsp3) is 0.300. The zero-order valence-electron chi connectivity index (χ0n) is 14.5. The van der Waals surface area contributed by atoms with E-state index in [0.29, 0.717) is 24.4 Å². The number of carbonyl (C=O) groups is 2. The van der Waals surface area contributed by atoms with Gasteiger partial charge < -0.3 is 20.1 Å². The van der Waals surface area contributed by atoms with Gasteiger partial charge in [0.25, 0.3) is 11.8 Å². The van der Waals surface area contributed by atoms with Gasteiger partial charge in [-0.25, -0.2) is 0 Å². The molecule has 2 N–H and O–H groups in total. The van der Waals surface area contributed by atoms with Crippen LogP contribution in [0.4, 0.5) is 0 Å². The molecule has 0 radical (unpaired) electrons. The maximum absolute atomic E-state index is 12.8. The Morgan fingerprint density at radius 2 is 1.65 bits per heavy atom. The Bertz CT molecular complexity index is 755. The highest BCUT2D eigenvalue weighted by atomic mass is 16.5. The molecule has 0 bridgehead atoms. The van der Waals surface area contributed by atoms with Crippen molar-refractivity contribution in [1.82, 2.24) is 4.90 Å². The van der Waals surface area contributed by atoms with E-state index in [1.165, 1.54) is 0 Å². The van der Waals surface area contributed by atoms with E-state index in [9.17, 15) is 9.59 Å². The monoisotopic (exact) mass is 354 g/mol. The van der Waals surface area contributed by atoms with E-state index in [4.69, 9.17) is 15.2 Å². The molecule has 2 aromatic carbocycles. The number of para-hydroxylation sites is 2. The number of ether oxygens (including phenoxy) is 2. The minimum Gasteiger partial charge on any atom is -0.490 e. The lowest BCUT2D eigenvalue weighted by atomic mass is 10.1. The molecule has 2 amide bonds. The van der Waals surface area contributed by atoms with Gasteiger partial charge in [-0.05, 0) is 24.3 Å². The fourth-order valence-electron chi connectivity index (χ4n) is 2.96. The average Bonchev–Trinajstić information content (AvgIpc) is 2.67. The Hall–Kier alpha value is -3.02. The van der Waals surface area contributed by atoms with Gasteiger partial charge in [0.1, 0.15) is 17.6 Å². The van der Waals surface area contributed by atoms with Crippen molar-refractivity contribution < 1.29 is 19.1 Å². The molecule has 1 heterocycles. The summed E-state index contributed by atoms with van der Waals surface area (Å²) in [6.07, 6.45) is 1.64. The van der Waals surface area contributed by atoms with Crippen molar-refractivity contribution in [3.05, 3.63) is 60.2 Å². The Labute approximate surface area is 152 Å². The van der Waals surface area contributed by atoms with Crippen molar-refractivity contribution in [3.63, 3.8) is 0 Å². The summed E-state index contributed by atoms with van der Waals surface area (Å²) in [5.41, 5.74) is 5.56. The van der Waals surface area contributed by atoms with E-state index >= 15 is 0 Å². The third kappa shape index (κ3) is 4.53. The average molecular weight is 354 g/mol. The van der Waals surface area contributed by atoms with Gasteiger partial charge >= 0.3 is 0 Å². The first-order chi connectivity index (χ1) is 12.6. The normalized spacial score (nSPS) is 14.7. The molecule has 136 valence electrons. The topological polar surface area (TPSA) is 81.9 Å². The van der Waals surface area contributed by atoms with Gasteiger partial charge in [0.15, 0.2) is 6.61 Å². The lowest BCUT2D eigenvalue weighted by Gasteiger charge is -2.32. The maximum atomic E-state index is 12.8. The minimum atomic E-state index is -0.578. The second-order valence-corrected chi connectivity index (χ2v) is 6.17. The number of amides is 2. The lowest BCUT2D eigenvalue weighted by molar-refractivity contribution is -0.119. The van der Waals surface area contributed by atoms with Crippen LogP contribution in [0.15, 0.2) is 54.6 Å². The van der Waals surface area contributed by atoms with Gasteiger partial charge in [0, 0.05) is 25.9 Å². The van der Waals surface area contributed by atoms with Crippen molar-refractivity contribution in [1.29, 1.82) is 0 Å². The molecule has 6 nitrogen and oxygen atoms in total. The number of piperidine rings is 1. The van der Waals surface area contributed by atoms with Gasteiger partial charge in [-0.2, -0.15) is 0 Å². The summed E-state index contributed by atoms with van der Waals surface area (Å²) in [4.78, 5) is 25.5. The van der Waals surface area contributed by atoms with Gasteiger partial charge in [-0.3, -0.25) is 9.59 Å². The number of nitrogens with two attached hydrogens (primary N) is 1. The van der Waals surface area contributed by atoms with Crippen LogP contribution in [0, 0.1) is 0 Å². The van der Waals surface area contributed by atoms with E-state index in [-0.39, 0.29) is 18.6 Å². The van der Waals surface area contributed by atoms with Crippen LogP contribution in [0.25, 0.3) is 0 Å². The zero-order valence-corrected chi connectivity index (χ0v) is 14.5. The molecule has 1 aliphatic heterocycles. The van der Waals surface area contributed by atoms with Crippen LogP contribution in [0.2, 0.25) is 0 Å². The molecule has 0 atom stereocenters. The largest absolute Gasteiger partial charge is 0.490 e. The molecule has 0 aliphatic carbocycles. The molecule has 0 spiro atoms. The van der Waals surface area contributed by atoms with Gasteiger partial charge in [-0.15, -0.1) is 0 Å². The molecule has 1 fully saturated rings. The predicted octanol–water partition coefficient (Wildman–Crippen LogP) is 2.23. The Morgan fingerprint density at radius 3 is 2.35 bits per heavy atom. The molecule has 0 unspecified atom stereocenters. The van der Waals surface area contributed by atoms with Gasteiger partial charge in [0.05, 0.1) is 5.56 Å². The van der Waals surface area contributed by atoms with Crippen LogP contribution in [-0.2, 0) is 4.79 Å². The maximum Gasteiger partial charge on any atom is 0.257 e. The van der Waals surface area contributed by atoms with Crippen molar-refractivity contribution in [3.8, 4) is 11.5 Å². The first-order valence-corrected chi connectivity index (χ1v) is 8.64. The van der Waals surface area contributed by atoms with Crippen molar-refractivity contribution in [2.24, 2.45) is 5.73 Å². The van der Waals surface area contributed by atoms with Crippen LogP contribution < -0.4 is 15.2 Å². The fourth-order valence-corrected chi connectivity index (χ4v) is 2.96. The SMILES string of the molecule is NC(=O)COc1ccccc1C(=O)N1CCC(Oc2ccccc2)CC1. The first-order valence-electron chi connectivity index (χ1n) is 8.64. The van der Waals surface area contributed by atoms with Crippen LogP contribution >= 0.6 is 0 Å². The summed E-state index contributed by atoms with van der Waals surface area (Å²) >= 11 is 0. The van der Waals surface area contributed by atoms with E-state index in [0.717, 1.165) is 18.6 Å². The molecule has 26 heavy (non-hydrogen) atoms. The highest BCUT2D eigenvalue weighted by Gasteiger charge is 2.26. The molecular formula is C20H22N2O4. The van der Waals surface area contributed by atoms with Crippen LogP contribution in [0.1, 0.15) is 23.2 Å². The Kier molecular flexibility index (Phi) is 5.73. The van der Waals surface area contributed by atoms with E-state index < -0.39 is 5.91 Å². The third-order valence-electron chi connectivity index (χ3n) is 4.26. The number of rotatable bonds is 6. The molecule has 1 aliphatic rings. The van der Waals surface area contributed by atoms with Crippen molar-refractivity contribution in [2.75, 3.05) is 19.7 Å². The summed E-state index contributed by atoms with van der Waals surface area (Å²) in [7, 11) is 0. The predicted molar refractivity (Wildman–Crippen MR) is 97.1 cm³/mol. The second-order valence-electron chi connectivity index (χ2n) is 6.17. The molecule has 0 saturated carbocycles. The van der Waals surface area contributed by atoms with Crippen LogP contribution in [0.5, 0.6) is 11.5 Å². The second kappa shape index (κ2) is 8.38. The number of carbonyl (C=O) groups excluding carboxylic acids is 2. The van der Waals surface area contributed by atoms with Gasteiger partial charge in [0.2, 0.25) is 0 Å². The van der Waals surface area contributed by atoms with E-state index in [1.807, 2.05) is 30.3 Å². The standard InChI is InChI=1S/C20H22N2O4/c21-19(23)14-25-18-9-5-4-8-17(18)20(24)22-12-10-16(11-13-22)26-15-6-2-1-3-7-15/h1-9,16H,10-14H2,(H2,21,23). The van der Waals surface area contributed by atoms with E-state index in [1.54, 1.807) is 29.2 Å².